The molecule has 0 aliphatic rings. The van der Waals surface area contributed by atoms with Crippen LogP contribution in [0.15, 0.2) is 84.9 Å². The first kappa shape index (κ1) is 27.2. The Hall–Kier alpha value is -3.80. The van der Waals surface area contributed by atoms with Gasteiger partial charge in [-0.05, 0) is 70.0 Å². The molecule has 0 saturated carbocycles. The third kappa shape index (κ3) is 6.36. The number of hydrogen-bond donors (Lipinski definition) is 0. The Balaban J connectivity index is 1.55. The fourth-order valence-electron chi connectivity index (χ4n) is 4.46. The lowest BCUT2D eigenvalue weighted by Gasteiger charge is -2.12. The molecule has 1 unspecified atom stereocenters. The molecule has 0 saturated heterocycles. The van der Waals surface area contributed by atoms with Crippen LogP contribution in [0.2, 0.25) is 0 Å². The molecule has 0 aliphatic heterocycles. The minimum Gasteiger partial charge on any atom is -0.206 e. The topological polar surface area (TPSA) is 0 Å². The molecular weight excluding hydrogens is 498 g/mol. The first-order chi connectivity index (χ1) is 18.1. The second-order valence-corrected chi connectivity index (χ2v) is 9.31. The molecule has 0 aliphatic carbocycles. The van der Waals surface area contributed by atoms with Crippen molar-refractivity contribution in [3.05, 3.63) is 114 Å². The van der Waals surface area contributed by atoms with Gasteiger partial charge in [0.05, 0.1) is 0 Å². The van der Waals surface area contributed by atoms with Gasteiger partial charge in [0.25, 0.3) is 0 Å². The van der Waals surface area contributed by atoms with E-state index < -0.39 is 29.2 Å². The van der Waals surface area contributed by atoms with E-state index in [9.17, 15) is 26.3 Å². The minimum atomic E-state index is -4.71. The lowest BCUT2D eigenvalue weighted by molar-refractivity contribution is -0.0790. The van der Waals surface area contributed by atoms with E-state index in [0.29, 0.717) is 17.6 Å². The number of hydrogen-bond acceptors (Lipinski definition) is 0. The lowest BCUT2D eigenvalue weighted by atomic mass is 9.93. The fourth-order valence-corrected chi connectivity index (χ4v) is 4.46. The number of benzene rings is 4. The number of allylic oxidation sites excluding steroid dienone is 1. The van der Waals surface area contributed by atoms with Gasteiger partial charge in [0.1, 0.15) is 17.5 Å². The van der Waals surface area contributed by atoms with Crippen LogP contribution in [-0.2, 0) is 0 Å². The molecule has 4 aromatic carbocycles. The Bertz CT molecular complexity index is 1410. The van der Waals surface area contributed by atoms with E-state index >= 15 is 0 Å². The largest absolute Gasteiger partial charge is 0.409 e. The lowest BCUT2D eigenvalue weighted by Crippen LogP contribution is -2.01. The van der Waals surface area contributed by atoms with Crippen molar-refractivity contribution in [3.8, 4) is 33.4 Å². The molecule has 0 aromatic heterocycles. The molecule has 0 amide bonds. The van der Waals surface area contributed by atoms with Crippen molar-refractivity contribution >= 4 is 6.08 Å². The van der Waals surface area contributed by atoms with Gasteiger partial charge in [-0.2, -0.15) is 13.2 Å². The molecule has 38 heavy (non-hydrogen) atoms. The molecule has 4 aromatic rings. The molecule has 0 fully saturated rings. The van der Waals surface area contributed by atoms with Crippen LogP contribution < -0.4 is 0 Å². The number of rotatable bonds is 7. The Kier molecular flexibility index (Phi) is 8.10. The molecule has 1 atom stereocenters. The zero-order chi connectivity index (χ0) is 27.4. The van der Waals surface area contributed by atoms with Crippen LogP contribution in [0.25, 0.3) is 39.5 Å². The summed E-state index contributed by atoms with van der Waals surface area (Å²) in [6.45, 7) is 4.39. The summed E-state index contributed by atoms with van der Waals surface area (Å²) in [5, 5.41) is 0. The number of halogens is 6. The standard InChI is InChI=1S/C32H26F6/c1-3-4-20(2)21-5-7-22(8-6-21)23-9-11-24(12-10-23)25-13-14-27(29(33)17-25)26-18-30(34)28(31(35)19-26)15-16-32(36,37)38/h5-20H,3-4H2,1-2H3/b16-15+. The van der Waals surface area contributed by atoms with Gasteiger partial charge in [-0.1, -0.05) is 80.9 Å². The third-order valence-corrected chi connectivity index (χ3v) is 6.55. The molecule has 0 nitrogen and oxygen atoms in total. The van der Waals surface area contributed by atoms with Gasteiger partial charge in [0.2, 0.25) is 0 Å². The minimum absolute atomic E-state index is 0.0630. The van der Waals surface area contributed by atoms with E-state index in [1.807, 2.05) is 24.3 Å². The van der Waals surface area contributed by atoms with Crippen LogP contribution >= 0.6 is 0 Å². The van der Waals surface area contributed by atoms with Crippen LogP contribution in [0.4, 0.5) is 26.3 Å². The highest BCUT2D eigenvalue weighted by molar-refractivity contribution is 5.74. The molecular formula is C32H26F6. The summed E-state index contributed by atoms with van der Waals surface area (Å²) >= 11 is 0. The van der Waals surface area contributed by atoms with Crippen molar-refractivity contribution in [3.63, 3.8) is 0 Å². The maximum absolute atomic E-state index is 15.0. The SMILES string of the molecule is CCCC(C)c1ccc(-c2ccc(-c3ccc(-c4cc(F)c(/C=C/C(F)(F)F)c(F)c4)c(F)c3)cc2)cc1. The molecule has 0 N–H and O–H groups in total. The van der Waals surface area contributed by atoms with Crippen LogP contribution in [-0.4, -0.2) is 6.18 Å². The second kappa shape index (κ2) is 11.3. The van der Waals surface area contributed by atoms with Crippen molar-refractivity contribution in [2.24, 2.45) is 0 Å². The van der Waals surface area contributed by atoms with Gasteiger partial charge in [0.15, 0.2) is 0 Å². The second-order valence-electron chi connectivity index (χ2n) is 9.31. The molecule has 0 radical (unpaired) electrons. The van der Waals surface area contributed by atoms with Crippen molar-refractivity contribution < 1.29 is 26.3 Å². The van der Waals surface area contributed by atoms with Crippen molar-refractivity contribution in [1.29, 1.82) is 0 Å². The zero-order valence-electron chi connectivity index (χ0n) is 20.9. The summed E-state index contributed by atoms with van der Waals surface area (Å²) in [6, 6.07) is 22.0. The van der Waals surface area contributed by atoms with E-state index in [0.717, 1.165) is 41.7 Å². The Morgan fingerprint density at radius 1 is 0.658 bits per heavy atom. The Morgan fingerprint density at radius 3 is 1.63 bits per heavy atom. The Labute approximate surface area is 218 Å². The van der Waals surface area contributed by atoms with Crippen LogP contribution in [0, 0.1) is 17.5 Å². The van der Waals surface area contributed by atoms with Crippen molar-refractivity contribution in [2.45, 2.75) is 38.8 Å². The zero-order valence-corrected chi connectivity index (χ0v) is 20.9. The van der Waals surface area contributed by atoms with Crippen molar-refractivity contribution in [1.82, 2.24) is 0 Å². The van der Waals surface area contributed by atoms with Crippen LogP contribution in [0.1, 0.15) is 43.7 Å². The van der Waals surface area contributed by atoms with Crippen LogP contribution in [0.5, 0.6) is 0 Å². The van der Waals surface area contributed by atoms with Gasteiger partial charge in [-0.25, -0.2) is 13.2 Å². The van der Waals surface area contributed by atoms with Crippen LogP contribution in [0.3, 0.4) is 0 Å². The average Bonchev–Trinajstić information content (AvgIpc) is 2.88. The summed E-state index contributed by atoms with van der Waals surface area (Å²) in [7, 11) is 0. The summed E-state index contributed by atoms with van der Waals surface area (Å²) in [5.74, 6) is -2.63. The molecule has 0 bridgehead atoms. The van der Waals surface area contributed by atoms with E-state index in [1.54, 1.807) is 6.07 Å². The third-order valence-electron chi connectivity index (χ3n) is 6.55. The van der Waals surface area contributed by atoms with Gasteiger partial charge >= 0.3 is 6.18 Å². The monoisotopic (exact) mass is 524 g/mol. The van der Waals surface area contributed by atoms with E-state index in [-0.39, 0.29) is 17.2 Å². The molecule has 0 spiro atoms. The highest BCUT2D eigenvalue weighted by atomic mass is 19.4. The fraction of sp³-hybridized carbons (Fsp3) is 0.188. The van der Waals surface area contributed by atoms with Gasteiger partial charge < -0.3 is 0 Å². The quantitative estimate of drug-likeness (QED) is 0.211. The Morgan fingerprint density at radius 2 is 1.13 bits per heavy atom. The predicted molar refractivity (Wildman–Crippen MR) is 141 cm³/mol. The summed E-state index contributed by atoms with van der Waals surface area (Å²) in [4.78, 5) is 0. The maximum atomic E-state index is 15.0. The molecule has 0 heterocycles. The predicted octanol–water partition coefficient (Wildman–Crippen LogP) is 10.6. The average molecular weight is 525 g/mol. The summed E-state index contributed by atoms with van der Waals surface area (Å²) < 4.78 is 80.8. The molecule has 4 rings (SSSR count). The maximum Gasteiger partial charge on any atom is 0.409 e. The normalized spacial score (nSPS) is 12.7. The van der Waals surface area contributed by atoms with Gasteiger partial charge in [-0.3, -0.25) is 0 Å². The molecule has 196 valence electrons. The number of alkyl halides is 3. The molecule has 6 heteroatoms. The van der Waals surface area contributed by atoms with E-state index in [4.69, 9.17) is 0 Å². The van der Waals surface area contributed by atoms with E-state index in [2.05, 4.69) is 38.1 Å². The smallest absolute Gasteiger partial charge is 0.206 e. The van der Waals surface area contributed by atoms with Gasteiger partial charge in [0, 0.05) is 17.2 Å². The highest BCUT2D eigenvalue weighted by Crippen LogP contribution is 2.32. The first-order valence-corrected chi connectivity index (χ1v) is 12.3. The first-order valence-electron chi connectivity index (χ1n) is 12.3. The highest BCUT2D eigenvalue weighted by Gasteiger charge is 2.23. The summed E-state index contributed by atoms with van der Waals surface area (Å²) in [6.07, 6.45) is -2.38. The van der Waals surface area contributed by atoms with E-state index in [1.165, 1.54) is 17.7 Å². The van der Waals surface area contributed by atoms with Crippen molar-refractivity contribution in [2.75, 3.05) is 0 Å². The van der Waals surface area contributed by atoms with Gasteiger partial charge in [-0.15, -0.1) is 0 Å². The summed E-state index contributed by atoms with van der Waals surface area (Å²) in [5.41, 5.74) is 3.72.